The zero-order valence-corrected chi connectivity index (χ0v) is 19.7. The third-order valence-corrected chi connectivity index (χ3v) is 6.40. The van der Waals surface area contributed by atoms with Gasteiger partial charge in [-0.05, 0) is 83.0 Å². The maximum absolute atomic E-state index is 13.1. The van der Waals surface area contributed by atoms with Gasteiger partial charge in [-0.15, -0.1) is 0 Å². The van der Waals surface area contributed by atoms with Crippen molar-refractivity contribution < 1.29 is 18.3 Å². The summed E-state index contributed by atoms with van der Waals surface area (Å²) in [5.74, 6) is 0.309. The lowest BCUT2D eigenvalue weighted by atomic mass is 10.1. The minimum atomic E-state index is -2.82. The van der Waals surface area contributed by atoms with Crippen molar-refractivity contribution in [3.63, 3.8) is 0 Å². The van der Waals surface area contributed by atoms with Crippen molar-refractivity contribution in [3.05, 3.63) is 41.1 Å². The van der Waals surface area contributed by atoms with Crippen molar-refractivity contribution in [2.45, 2.75) is 77.2 Å². The van der Waals surface area contributed by atoms with Crippen LogP contribution in [-0.2, 0) is 17.6 Å². The van der Waals surface area contributed by atoms with Gasteiger partial charge in [-0.1, -0.05) is 6.07 Å². The van der Waals surface area contributed by atoms with E-state index >= 15 is 0 Å². The van der Waals surface area contributed by atoms with E-state index in [1.807, 2.05) is 0 Å². The molecule has 0 aromatic carbocycles. The minimum absolute atomic E-state index is 0.173. The number of rotatable bonds is 12. The minimum Gasteiger partial charge on any atom is -0.422 e. The molecular weight excluding hydrogens is 440 g/mol. The number of ether oxygens (including phenoxy) is 1. The normalized spacial score (nSPS) is 15.3. The van der Waals surface area contributed by atoms with E-state index in [2.05, 4.69) is 32.3 Å². The summed E-state index contributed by atoms with van der Waals surface area (Å²) in [7, 11) is 0. The average Bonchev–Trinajstić information content (AvgIpc) is 3.67. The topological polar surface area (TPSA) is 80.2 Å². The molecule has 3 heterocycles. The largest absolute Gasteiger partial charge is 0.422 e. The SMILES string of the molecule is Cc1ncnc(C(F)F)c1OC(=O)CCCN(CCCCc1ccc2c(n1)NCCC2)C1CC1. The Bertz CT molecular complexity index is 984. The van der Waals surface area contributed by atoms with E-state index in [-0.39, 0.29) is 17.9 Å². The molecule has 1 aliphatic carbocycles. The van der Waals surface area contributed by atoms with Crippen LogP contribution in [0.2, 0.25) is 0 Å². The first kappa shape index (κ1) is 24.4. The van der Waals surface area contributed by atoms with Gasteiger partial charge in [0.2, 0.25) is 0 Å². The Morgan fingerprint density at radius 2 is 2.03 bits per heavy atom. The Morgan fingerprint density at radius 3 is 2.82 bits per heavy atom. The van der Waals surface area contributed by atoms with Gasteiger partial charge < -0.3 is 15.0 Å². The molecule has 2 aliphatic rings. The predicted octanol–water partition coefficient (Wildman–Crippen LogP) is 4.65. The van der Waals surface area contributed by atoms with Crippen molar-refractivity contribution >= 4 is 11.8 Å². The molecule has 0 bridgehead atoms. The molecule has 7 nitrogen and oxygen atoms in total. The smallest absolute Gasteiger partial charge is 0.311 e. The number of nitrogens with one attached hydrogen (secondary N) is 1. The number of unbranched alkanes of at least 4 members (excludes halogenated alkanes) is 1. The van der Waals surface area contributed by atoms with Crippen molar-refractivity contribution in [2.24, 2.45) is 0 Å². The number of aromatic nitrogens is 3. The van der Waals surface area contributed by atoms with E-state index in [4.69, 9.17) is 9.72 Å². The summed E-state index contributed by atoms with van der Waals surface area (Å²) >= 11 is 0. The molecule has 184 valence electrons. The van der Waals surface area contributed by atoms with Gasteiger partial charge in [0.15, 0.2) is 11.4 Å². The highest BCUT2D eigenvalue weighted by atomic mass is 19.3. The summed E-state index contributed by atoms with van der Waals surface area (Å²) in [4.78, 5) is 26.9. The number of fused-ring (bicyclic) bond motifs is 1. The van der Waals surface area contributed by atoms with E-state index in [1.165, 1.54) is 31.7 Å². The van der Waals surface area contributed by atoms with E-state index in [1.54, 1.807) is 0 Å². The third-order valence-electron chi connectivity index (χ3n) is 6.40. The Balaban J connectivity index is 1.18. The summed E-state index contributed by atoms with van der Waals surface area (Å²) in [5.41, 5.74) is 2.15. The second-order valence-electron chi connectivity index (χ2n) is 9.12. The number of carbonyl (C=O) groups is 1. The molecule has 0 unspecified atom stereocenters. The monoisotopic (exact) mass is 473 g/mol. The van der Waals surface area contributed by atoms with Crippen LogP contribution in [0.3, 0.4) is 0 Å². The number of alkyl halides is 2. The fourth-order valence-corrected chi connectivity index (χ4v) is 4.40. The maximum Gasteiger partial charge on any atom is 0.311 e. The van der Waals surface area contributed by atoms with Crippen LogP contribution in [0.4, 0.5) is 14.6 Å². The highest BCUT2D eigenvalue weighted by Gasteiger charge is 2.28. The van der Waals surface area contributed by atoms with Gasteiger partial charge in [0.05, 0.1) is 5.69 Å². The number of hydrogen-bond donors (Lipinski definition) is 1. The second kappa shape index (κ2) is 11.6. The number of pyridine rings is 1. The van der Waals surface area contributed by atoms with Gasteiger partial charge in [-0.2, -0.15) is 0 Å². The number of hydrogen-bond acceptors (Lipinski definition) is 7. The molecule has 0 amide bonds. The van der Waals surface area contributed by atoms with Gasteiger partial charge in [-0.25, -0.2) is 23.7 Å². The Hall–Kier alpha value is -2.68. The molecule has 2 aromatic heterocycles. The molecule has 0 saturated heterocycles. The molecule has 9 heteroatoms. The van der Waals surface area contributed by atoms with Crippen LogP contribution in [0.15, 0.2) is 18.5 Å². The quantitative estimate of drug-likeness (QED) is 0.355. The molecule has 1 saturated carbocycles. The number of carbonyl (C=O) groups excluding carboxylic acids is 1. The van der Waals surface area contributed by atoms with E-state index in [9.17, 15) is 13.6 Å². The lowest BCUT2D eigenvalue weighted by Gasteiger charge is -2.22. The van der Waals surface area contributed by atoms with E-state index in [0.29, 0.717) is 12.5 Å². The standard InChI is InChI=1S/C25H33F2N5O2/c1-17-23(22(24(26)27)30-16-29-17)34-21(33)8-5-15-32(20-11-12-20)14-3-2-7-19-10-9-18-6-4-13-28-25(18)31-19/h9-10,16,20,24H,2-8,11-15H2,1H3,(H,28,31). The van der Waals surface area contributed by atoms with Crippen molar-refractivity contribution in [2.75, 3.05) is 25.0 Å². The molecule has 1 aliphatic heterocycles. The number of halogens is 2. The molecule has 0 atom stereocenters. The van der Waals surface area contributed by atoms with E-state index < -0.39 is 18.1 Å². The van der Waals surface area contributed by atoms with E-state index in [0.717, 1.165) is 63.2 Å². The highest BCUT2D eigenvalue weighted by Crippen LogP contribution is 2.30. The van der Waals surface area contributed by atoms with Crippen molar-refractivity contribution in [1.29, 1.82) is 0 Å². The van der Waals surface area contributed by atoms with Crippen molar-refractivity contribution in [3.8, 4) is 5.75 Å². The van der Waals surface area contributed by atoms with Crippen LogP contribution in [0.1, 0.15) is 74.0 Å². The third kappa shape index (κ3) is 6.68. The maximum atomic E-state index is 13.1. The van der Waals surface area contributed by atoms with Gasteiger partial charge in [-0.3, -0.25) is 4.79 Å². The lowest BCUT2D eigenvalue weighted by Crippen LogP contribution is -2.29. The fraction of sp³-hybridized carbons (Fsp3) is 0.600. The molecule has 1 fully saturated rings. The zero-order valence-electron chi connectivity index (χ0n) is 19.7. The number of esters is 1. The lowest BCUT2D eigenvalue weighted by molar-refractivity contribution is -0.134. The van der Waals surface area contributed by atoms with Crippen LogP contribution < -0.4 is 10.1 Å². The zero-order chi connectivity index (χ0) is 23.9. The summed E-state index contributed by atoms with van der Waals surface area (Å²) < 4.78 is 31.5. The van der Waals surface area contributed by atoms with Crippen LogP contribution in [0.5, 0.6) is 5.75 Å². The second-order valence-corrected chi connectivity index (χ2v) is 9.12. The number of aryl methyl sites for hydroxylation is 3. The van der Waals surface area contributed by atoms with Crippen LogP contribution in [0.25, 0.3) is 0 Å². The van der Waals surface area contributed by atoms with Gasteiger partial charge >= 0.3 is 5.97 Å². The molecule has 4 rings (SSSR count). The van der Waals surface area contributed by atoms with Crippen LogP contribution >= 0.6 is 0 Å². The summed E-state index contributed by atoms with van der Waals surface area (Å²) in [6.45, 7) is 4.32. The predicted molar refractivity (Wildman–Crippen MR) is 125 cm³/mol. The molecule has 1 N–H and O–H groups in total. The summed E-state index contributed by atoms with van der Waals surface area (Å²) in [6, 6.07) is 4.94. The average molecular weight is 474 g/mol. The Morgan fingerprint density at radius 1 is 1.21 bits per heavy atom. The van der Waals surface area contributed by atoms with Crippen molar-refractivity contribution in [1.82, 2.24) is 19.9 Å². The molecule has 2 aromatic rings. The fourth-order valence-electron chi connectivity index (χ4n) is 4.40. The highest BCUT2D eigenvalue weighted by molar-refractivity contribution is 5.72. The number of nitrogens with zero attached hydrogens (tertiary/aromatic N) is 4. The van der Waals surface area contributed by atoms with Gasteiger partial charge in [0.1, 0.15) is 12.1 Å². The molecule has 0 radical (unpaired) electrons. The first-order chi connectivity index (χ1) is 16.5. The first-order valence-corrected chi connectivity index (χ1v) is 12.3. The van der Waals surface area contributed by atoms with Gasteiger partial charge in [0.25, 0.3) is 6.43 Å². The molecular formula is C25H33F2N5O2. The molecule has 0 spiro atoms. The Kier molecular flexibility index (Phi) is 8.37. The van der Waals surface area contributed by atoms with Crippen LogP contribution in [-0.4, -0.2) is 51.5 Å². The first-order valence-electron chi connectivity index (χ1n) is 12.3. The summed E-state index contributed by atoms with van der Waals surface area (Å²) in [5, 5.41) is 3.39. The molecule has 34 heavy (non-hydrogen) atoms. The number of anilines is 1. The van der Waals surface area contributed by atoms with Gasteiger partial charge in [0, 0.05) is 24.7 Å². The van der Waals surface area contributed by atoms with Crippen LogP contribution in [0, 0.1) is 6.92 Å². The summed E-state index contributed by atoms with van der Waals surface area (Å²) in [6.07, 6.45) is 6.81. The Labute approximate surface area is 199 Å².